The predicted molar refractivity (Wildman–Crippen MR) is 257 cm³/mol. The lowest BCUT2D eigenvalue weighted by atomic mass is 9.89. The molecule has 0 spiro atoms. The van der Waals surface area contributed by atoms with Gasteiger partial charge in [-0.25, -0.2) is 15.0 Å². The largest absolute Gasteiger partial charge is 0.455 e. The Morgan fingerprint density at radius 3 is 1.51 bits per heavy atom. The Balaban J connectivity index is 1.06. The predicted octanol–water partition coefficient (Wildman–Crippen LogP) is 15.1. The highest BCUT2D eigenvalue weighted by atomic mass is 16.3. The van der Waals surface area contributed by atoms with Crippen molar-refractivity contribution in [3.8, 4) is 73.6 Å². The smallest absolute Gasteiger partial charge is 0.164 e. The number of fused-ring (bicyclic) bond motifs is 8. The fourth-order valence-electron chi connectivity index (χ4n) is 9.05. The number of furan rings is 1. The zero-order valence-corrected chi connectivity index (χ0v) is 33.8. The average molecular weight is 803 g/mol. The van der Waals surface area contributed by atoms with Gasteiger partial charge in [-0.15, -0.1) is 0 Å². The van der Waals surface area contributed by atoms with Crippen molar-refractivity contribution in [2.75, 3.05) is 0 Å². The topological polar surface area (TPSA) is 75.6 Å². The number of benzene rings is 10. The van der Waals surface area contributed by atoms with Crippen LogP contribution in [0, 0.1) is 11.3 Å². The van der Waals surface area contributed by atoms with Crippen LogP contribution in [0.5, 0.6) is 0 Å². The Labute approximate surface area is 362 Å². The highest BCUT2D eigenvalue weighted by molar-refractivity contribution is 6.22. The Bertz CT molecular complexity index is 3740. The van der Waals surface area contributed by atoms with Gasteiger partial charge in [0.15, 0.2) is 17.5 Å². The lowest BCUT2D eigenvalue weighted by Gasteiger charge is -2.14. The van der Waals surface area contributed by atoms with Crippen molar-refractivity contribution in [1.82, 2.24) is 15.0 Å². The van der Waals surface area contributed by atoms with Crippen LogP contribution in [-0.4, -0.2) is 15.0 Å². The van der Waals surface area contributed by atoms with Gasteiger partial charge in [-0.3, -0.25) is 0 Å². The second-order valence-corrected chi connectivity index (χ2v) is 15.9. The van der Waals surface area contributed by atoms with E-state index in [0.717, 1.165) is 77.2 Å². The van der Waals surface area contributed by atoms with E-state index in [4.69, 9.17) is 19.4 Å². The molecule has 5 nitrogen and oxygen atoms in total. The molecule has 12 aromatic rings. The second-order valence-electron chi connectivity index (χ2n) is 15.9. The summed E-state index contributed by atoms with van der Waals surface area (Å²) in [4.78, 5) is 15.4. The van der Waals surface area contributed by atoms with Crippen molar-refractivity contribution >= 4 is 54.3 Å². The number of rotatable bonds is 6. The van der Waals surface area contributed by atoms with Crippen molar-refractivity contribution in [2.24, 2.45) is 0 Å². The molecule has 0 saturated heterocycles. The van der Waals surface area contributed by atoms with Crippen LogP contribution in [-0.2, 0) is 0 Å². The molecule has 63 heavy (non-hydrogen) atoms. The molecule has 0 aliphatic rings. The Morgan fingerprint density at radius 1 is 0.333 bits per heavy atom. The van der Waals surface area contributed by atoms with Crippen LogP contribution in [0.3, 0.4) is 0 Å². The van der Waals surface area contributed by atoms with Gasteiger partial charge in [-0.05, 0) is 127 Å². The summed E-state index contributed by atoms with van der Waals surface area (Å²) in [6, 6.07) is 73.6. The second kappa shape index (κ2) is 14.8. The van der Waals surface area contributed by atoms with E-state index in [1.54, 1.807) is 12.1 Å². The molecule has 2 heterocycles. The van der Waals surface area contributed by atoms with Crippen LogP contribution in [0.15, 0.2) is 211 Å². The summed E-state index contributed by atoms with van der Waals surface area (Å²) in [7, 11) is 0. The van der Waals surface area contributed by atoms with Crippen molar-refractivity contribution in [3.63, 3.8) is 0 Å². The summed E-state index contributed by atoms with van der Waals surface area (Å²) >= 11 is 0. The standard InChI is InChI=1S/C58H34N4O/c59-35-36-23-25-39(26-24-36)56-60-57(62-58(61-56)44-30-42(37-13-3-1-4-14-37)29-43(31-44)38-15-5-2-6-16-38)41-27-28-49-53-34-52(48-21-11-12-22-50(48)55(53)63-54(49)33-41)51-32-40-17-7-8-18-45(40)46-19-9-10-20-47(46)51/h1-34H. The molecule has 0 N–H and O–H groups in total. The third-order valence-electron chi connectivity index (χ3n) is 12.1. The molecule has 2 aromatic heterocycles. The van der Waals surface area contributed by atoms with Gasteiger partial charge in [0.25, 0.3) is 0 Å². The minimum atomic E-state index is 0.508. The van der Waals surface area contributed by atoms with E-state index in [1.807, 2.05) is 30.3 Å². The minimum absolute atomic E-state index is 0.508. The van der Waals surface area contributed by atoms with Gasteiger partial charge in [0.1, 0.15) is 11.2 Å². The molecule has 0 fully saturated rings. The molecule has 0 bridgehead atoms. The summed E-state index contributed by atoms with van der Waals surface area (Å²) in [5.41, 5.74) is 11.2. The molecule has 0 amide bonds. The third-order valence-corrected chi connectivity index (χ3v) is 12.1. The number of aromatic nitrogens is 3. The molecule has 0 saturated carbocycles. The molecule has 0 atom stereocenters. The molecular formula is C58H34N4O. The fourth-order valence-corrected chi connectivity index (χ4v) is 9.05. The molecule has 0 aliphatic heterocycles. The first-order valence-electron chi connectivity index (χ1n) is 21.0. The Morgan fingerprint density at radius 2 is 0.841 bits per heavy atom. The van der Waals surface area contributed by atoms with Gasteiger partial charge in [0, 0.05) is 32.8 Å². The van der Waals surface area contributed by atoms with Crippen LogP contribution < -0.4 is 0 Å². The summed E-state index contributed by atoms with van der Waals surface area (Å²) in [5, 5.41) is 18.7. The van der Waals surface area contributed by atoms with E-state index in [-0.39, 0.29) is 0 Å². The van der Waals surface area contributed by atoms with Gasteiger partial charge in [-0.2, -0.15) is 5.26 Å². The summed E-state index contributed by atoms with van der Waals surface area (Å²) < 4.78 is 6.86. The fraction of sp³-hybridized carbons (Fsp3) is 0. The SMILES string of the molecule is N#Cc1ccc(-c2nc(-c3cc(-c4ccccc4)cc(-c4ccccc4)c3)nc(-c3ccc4c(c3)oc3c5ccccc5c(-c5cc6ccccc6c6ccccc56)cc43)n2)cc1. The average Bonchev–Trinajstić information content (AvgIpc) is 3.74. The molecule has 5 heteroatoms. The van der Waals surface area contributed by atoms with Crippen LogP contribution in [0.2, 0.25) is 0 Å². The van der Waals surface area contributed by atoms with E-state index in [0.29, 0.717) is 23.0 Å². The molecule has 0 unspecified atom stereocenters. The maximum absolute atomic E-state index is 9.58. The van der Waals surface area contributed by atoms with Crippen molar-refractivity contribution < 1.29 is 4.42 Å². The highest BCUT2D eigenvalue weighted by Gasteiger charge is 2.20. The lowest BCUT2D eigenvalue weighted by molar-refractivity contribution is 0.673. The maximum Gasteiger partial charge on any atom is 0.164 e. The first kappa shape index (κ1) is 36.2. The number of nitriles is 1. The van der Waals surface area contributed by atoms with Gasteiger partial charge >= 0.3 is 0 Å². The lowest BCUT2D eigenvalue weighted by Crippen LogP contribution is -2.00. The van der Waals surface area contributed by atoms with E-state index >= 15 is 0 Å². The molecule has 292 valence electrons. The summed E-state index contributed by atoms with van der Waals surface area (Å²) in [5.74, 6) is 1.56. The zero-order chi connectivity index (χ0) is 41.9. The van der Waals surface area contributed by atoms with Crippen LogP contribution in [0.1, 0.15) is 5.56 Å². The monoisotopic (exact) mass is 802 g/mol. The third kappa shape index (κ3) is 6.29. The highest BCUT2D eigenvalue weighted by Crippen LogP contribution is 2.44. The minimum Gasteiger partial charge on any atom is -0.455 e. The first-order chi connectivity index (χ1) is 31.1. The van der Waals surface area contributed by atoms with E-state index in [2.05, 4.69) is 170 Å². The van der Waals surface area contributed by atoms with Crippen molar-refractivity contribution in [3.05, 3.63) is 212 Å². The number of nitrogens with zero attached hydrogens (tertiary/aromatic N) is 4. The Hall–Kier alpha value is -8.72. The summed E-state index contributed by atoms with van der Waals surface area (Å²) in [6.07, 6.45) is 0. The van der Waals surface area contributed by atoms with Crippen molar-refractivity contribution in [2.45, 2.75) is 0 Å². The number of hydrogen-bond acceptors (Lipinski definition) is 5. The normalized spacial score (nSPS) is 11.5. The maximum atomic E-state index is 9.58. The van der Waals surface area contributed by atoms with E-state index < -0.39 is 0 Å². The molecule has 0 radical (unpaired) electrons. The quantitative estimate of drug-likeness (QED) is 0.157. The molecular weight excluding hydrogens is 769 g/mol. The molecule has 10 aromatic carbocycles. The zero-order valence-electron chi connectivity index (χ0n) is 33.8. The first-order valence-corrected chi connectivity index (χ1v) is 21.0. The molecule has 0 aliphatic carbocycles. The van der Waals surface area contributed by atoms with Crippen LogP contribution in [0.4, 0.5) is 0 Å². The van der Waals surface area contributed by atoms with Gasteiger partial charge in [0.2, 0.25) is 0 Å². The van der Waals surface area contributed by atoms with Crippen LogP contribution in [0.25, 0.3) is 122 Å². The Kier molecular flexibility index (Phi) is 8.48. The van der Waals surface area contributed by atoms with Gasteiger partial charge in [0.05, 0.1) is 11.6 Å². The van der Waals surface area contributed by atoms with Crippen molar-refractivity contribution in [1.29, 1.82) is 5.26 Å². The van der Waals surface area contributed by atoms with E-state index in [1.165, 1.54) is 27.1 Å². The molecule has 12 rings (SSSR count). The van der Waals surface area contributed by atoms with Gasteiger partial charge < -0.3 is 4.42 Å². The van der Waals surface area contributed by atoms with Crippen LogP contribution >= 0.6 is 0 Å². The van der Waals surface area contributed by atoms with E-state index in [9.17, 15) is 5.26 Å². The summed E-state index contributed by atoms with van der Waals surface area (Å²) in [6.45, 7) is 0. The van der Waals surface area contributed by atoms with Gasteiger partial charge in [-0.1, -0.05) is 140 Å². The number of hydrogen-bond donors (Lipinski definition) is 0.